The minimum absolute atomic E-state index is 0.136. The number of benzene rings is 3. The van der Waals surface area contributed by atoms with Gasteiger partial charge in [0.2, 0.25) is 5.91 Å². The molecule has 36 heavy (non-hydrogen) atoms. The van der Waals surface area contributed by atoms with Gasteiger partial charge in [0, 0.05) is 35.6 Å². The molecule has 0 radical (unpaired) electrons. The largest absolute Gasteiger partial charge is 0.330 e. The predicted molar refractivity (Wildman–Crippen MR) is 139 cm³/mol. The lowest BCUT2D eigenvalue weighted by atomic mass is 10.2. The normalized spacial score (nSPS) is 13.8. The fraction of sp³-hybridized carbons (Fsp3) is 0.179. The lowest BCUT2D eigenvalue weighted by Crippen LogP contribution is -2.24. The molecule has 5 aromatic rings. The van der Waals surface area contributed by atoms with Crippen molar-refractivity contribution in [2.45, 2.75) is 25.9 Å². The molecule has 0 atom stereocenters. The third-order valence-electron chi connectivity index (χ3n) is 6.75. The standard InChI is InChI=1S/C28H22ClFN4O2/c29-23-5-2-1-4-19(23)16-32-17-31-26-22-14-20(30)9-12-24(22)34(27(26)28(32)36)15-18-7-10-21(11-8-18)33-13-3-6-25(33)35/h1-2,4-5,7-12,14,17H,3,6,13,15-16H2. The highest BCUT2D eigenvalue weighted by Gasteiger charge is 2.22. The Hall–Kier alpha value is -3.97. The highest BCUT2D eigenvalue weighted by Crippen LogP contribution is 2.28. The summed E-state index contributed by atoms with van der Waals surface area (Å²) in [5.41, 5.74) is 4.00. The Kier molecular flexibility index (Phi) is 5.57. The second kappa shape index (κ2) is 8.91. The van der Waals surface area contributed by atoms with E-state index >= 15 is 0 Å². The van der Waals surface area contributed by atoms with E-state index in [1.54, 1.807) is 17.0 Å². The highest BCUT2D eigenvalue weighted by molar-refractivity contribution is 6.31. The molecule has 6 rings (SSSR count). The number of fused-ring (bicyclic) bond motifs is 3. The molecule has 0 bridgehead atoms. The number of amides is 1. The molecular formula is C28H22ClFN4O2. The molecular weight excluding hydrogens is 479 g/mol. The molecule has 1 saturated heterocycles. The summed E-state index contributed by atoms with van der Waals surface area (Å²) < 4.78 is 17.6. The lowest BCUT2D eigenvalue weighted by Gasteiger charge is -2.16. The van der Waals surface area contributed by atoms with Crippen molar-refractivity contribution in [2.24, 2.45) is 0 Å². The van der Waals surface area contributed by atoms with Gasteiger partial charge in [-0.15, -0.1) is 0 Å². The van der Waals surface area contributed by atoms with Gasteiger partial charge in [0.05, 0.1) is 18.4 Å². The van der Waals surface area contributed by atoms with Gasteiger partial charge < -0.3 is 9.47 Å². The van der Waals surface area contributed by atoms with Crippen molar-refractivity contribution in [3.8, 4) is 0 Å². The van der Waals surface area contributed by atoms with Crippen LogP contribution >= 0.6 is 11.6 Å². The number of carbonyl (C=O) groups is 1. The van der Waals surface area contributed by atoms with Gasteiger partial charge in [-0.3, -0.25) is 14.2 Å². The predicted octanol–water partition coefficient (Wildman–Crippen LogP) is 5.37. The Morgan fingerprint density at radius 3 is 2.53 bits per heavy atom. The molecule has 180 valence electrons. The first kappa shape index (κ1) is 22.5. The Balaban J connectivity index is 1.45. The van der Waals surface area contributed by atoms with E-state index in [1.807, 2.05) is 47.0 Å². The van der Waals surface area contributed by atoms with Crippen LogP contribution in [0, 0.1) is 5.82 Å². The number of carbonyl (C=O) groups excluding carboxylic acids is 1. The summed E-state index contributed by atoms with van der Waals surface area (Å²) in [7, 11) is 0. The number of hydrogen-bond donors (Lipinski definition) is 0. The van der Waals surface area contributed by atoms with Gasteiger partial charge in [-0.2, -0.15) is 0 Å². The maximum Gasteiger partial charge on any atom is 0.278 e. The van der Waals surface area contributed by atoms with Crippen molar-refractivity contribution in [3.63, 3.8) is 0 Å². The van der Waals surface area contributed by atoms with Crippen LogP contribution in [0.4, 0.5) is 10.1 Å². The maximum absolute atomic E-state index is 14.2. The summed E-state index contributed by atoms with van der Waals surface area (Å²) in [5.74, 6) is -0.249. The van der Waals surface area contributed by atoms with E-state index in [9.17, 15) is 14.0 Å². The van der Waals surface area contributed by atoms with E-state index in [0.29, 0.717) is 34.4 Å². The van der Waals surface area contributed by atoms with Gasteiger partial charge in [-0.25, -0.2) is 9.37 Å². The summed E-state index contributed by atoms with van der Waals surface area (Å²) >= 11 is 6.33. The molecule has 1 aliphatic rings. The smallest absolute Gasteiger partial charge is 0.278 e. The summed E-state index contributed by atoms with van der Waals surface area (Å²) in [4.78, 5) is 32.1. The van der Waals surface area contributed by atoms with Gasteiger partial charge >= 0.3 is 0 Å². The monoisotopic (exact) mass is 500 g/mol. The number of halogens is 2. The fourth-order valence-electron chi connectivity index (χ4n) is 4.94. The Labute approximate surface area is 211 Å². The SMILES string of the molecule is O=C1CCCN1c1ccc(Cn2c3ccc(F)cc3c3ncn(Cc4ccccc4Cl)c(=O)c32)cc1. The zero-order chi connectivity index (χ0) is 24.8. The summed E-state index contributed by atoms with van der Waals surface area (Å²) in [5, 5.41) is 1.16. The average Bonchev–Trinajstić information content (AvgIpc) is 3.44. The van der Waals surface area contributed by atoms with Crippen molar-refractivity contribution in [1.29, 1.82) is 0 Å². The molecule has 0 aliphatic carbocycles. The molecule has 6 nitrogen and oxygen atoms in total. The zero-order valence-corrected chi connectivity index (χ0v) is 20.1. The van der Waals surface area contributed by atoms with Crippen LogP contribution in [0.3, 0.4) is 0 Å². The first-order chi connectivity index (χ1) is 17.5. The van der Waals surface area contributed by atoms with Crippen LogP contribution in [0.25, 0.3) is 21.9 Å². The second-order valence-electron chi connectivity index (χ2n) is 9.03. The van der Waals surface area contributed by atoms with E-state index in [1.165, 1.54) is 23.0 Å². The quantitative estimate of drug-likeness (QED) is 0.326. The molecule has 0 N–H and O–H groups in total. The van der Waals surface area contributed by atoms with Crippen LogP contribution in [-0.4, -0.2) is 26.6 Å². The van der Waals surface area contributed by atoms with Gasteiger partial charge in [0.1, 0.15) is 16.9 Å². The lowest BCUT2D eigenvalue weighted by molar-refractivity contribution is -0.117. The number of anilines is 1. The van der Waals surface area contributed by atoms with Crippen LogP contribution in [0.5, 0.6) is 0 Å². The van der Waals surface area contributed by atoms with E-state index in [4.69, 9.17) is 11.6 Å². The topological polar surface area (TPSA) is 60.1 Å². The van der Waals surface area contributed by atoms with Crippen LogP contribution in [-0.2, 0) is 17.9 Å². The molecule has 3 aromatic carbocycles. The van der Waals surface area contributed by atoms with Gasteiger partial charge in [0.15, 0.2) is 0 Å². The summed E-state index contributed by atoms with van der Waals surface area (Å²) in [6.45, 7) is 1.40. The molecule has 1 aliphatic heterocycles. The Bertz CT molecular complexity index is 1690. The van der Waals surface area contributed by atoms with Crippen LogP contribution < -0.4 is 10.5 Å². The van der Waals surface area contributed by atoms with E-state index in [2.05, 4.69) is 4.98 Å². The number of rotatable bonds is 5. The van der Waals surface area contributed by atoms with E-state index < -0.39 is 0 Å². The number of hydrogen-bond acceptors (Lipinski definition) is 3. The molecule has 2 aromatic heterocycles. The van der Waals surface area contributed by atoms with Gasteiger partial charge in [-0.1, -0.05) is 41.9 Å². The first-order valence-corrected chi connectivity index (χ1v) is 12.2. The molecule has 8 heteroatoms. The minimum Gasteiger partial charge on any atom is -0.330 e. The fourth-order valence-corrected chi connectivity index (χ4v) is 5.14. The Morgan fingerprint density at radius 1 is 0.972 bits per heavy atom. The van der Waals surface area contributed by atoms with Crippen molar-refractivity contribution in [2.75, 3.05) is 11.4 Å². The van der Waals surface area contributed by atoms with Gasteiger partial charge in [-0.05, 0) is 53.9 Å². The summed E-state index contributed by atoms with van der Waals surface area (Å²) in [6.07, 6.45) is 2.93. The maximum atomic E-state index is 14.2. The van der Waals surface area contributed by atoms with Crippen LogP contribution in [0.2, 0.25) is 5.02 Å². The van der Waals surface area contributed by atoms with Crippen molar-refractivity contribution in [3.05, 3.63) is 105 Å². The van der Waals surface area contributed by atoms with Gasteiger partial charge in [0.25, 0.3) is 5.56 Å². The molecule has 1 amide bonds. The molecule has 0 saturated carbocycles. The Morgan fingerprint density at radius 2 is 1.78 bits per heavy atom. The highest BCUT2D eigenvalue weighted by atomic mass is 35.5. The van der Waals surface area contributed by atoms with Crippen LogP contribution in [0.1, 0.15) is 24.0 Å². The zero-order valence-electron chi connectivity index (χ0n) is 19.3. The minimum atomic E-state index is -0.386. The molecule has 0 spiro atoms. The molecule has 3 heterocycles. The number of nitrogens with zero attached hydrogens (tertiary/aromatic N) is 4. The van der Waals surface area contributed by atoms with Crippen molar-refractivity contribution >= 4 is 45.1 Å². The average molecular weight is 501 g/mol. The third-order valence-corrected chi connectivity index (χ3v) is 7.12. The van der Waals surface area contributed by atoms with E-state index in [-0.39, 0.29) is 23.8 Å². The number of aromatic nitrogens is 3. The third kappa shape index (κ3) is 3.85. The first-order valence-electron chi connectivity index (χ1n) is 11.8. The second-order valence-corrected chi connectivity index (χ2v) is 9.44. The van der Waals surface area contributed by atoms with E-state index in [0.717, 1.165) is 35.3 Å². The van der Waals surface area contributed by atoms with Crippen molar-refractivity contribution in [1.82, 2.24) is 14.1 Å². The van der Waals surface area contributed by atoms with Crippen molar-refractivity contribution < 1.29 is 9.18 Å². The van der Waals surface area contributed by atoms with Crippen LogP contribution in [0.15, 0.2) is 77.9 Å². The molecule has 0 unspecified atom stereocenters. The summed E-state index contributed by atoms with van der Waals surface area (Å²) in [6, 6.07) is 19.6. The molecule has 1 fully saturated rings.